The van der Waals surface area contributed by atoms with E-state index in [1.165, 1.54) is 0 Å². The van der Waals surface area contributed by atoms with Gasteiger partial charge >= 0.3 is 0 Å². The Balaban J connectivity index is 2.05. The highest BCUT2D eigenvalue weighted by atomic mass is 35.5. The van der Waals surface area contributed by atoms with Gasteiger partial charge in [-0.05, 0) is 24.5 Å². The zero-order valence-corrected chi connectivity index (χ0v) is 11.8. The van der Waals surface area contributed by atoms with Crippen LogP contribution in [0.3, 0.4) is 0 Å². The Morgan fingerprint density at radius 1 is 1.11 bits per heavy atom. The van der Waals surface area contributed by atoms with Crippen molar-refractivity contribution in [2.45, 2.75) is 33.2 Å². The van der Waals surface area contributed by atoms with Gasteiger partial charge in [0.2, 0.25) is 5.95 Å². The largest absolute Gasteiger partial charge is 0.349 e. The minimum Gasteiger partial charge on any atom is -0.349 e. The van der Waals surface area contributed by atoms with Gasteiger partial charge in [0.05, 0.1) is 11.4 Å². The number of anilines is 1. The first-order valence-corrected chi connectivity index (χ1v) is 6.67. The first kappa shape index (κ1) is 13.7. The lowest BCUT2D eigenvalue weighted by atomic mass is 10.2. The smallest absolute Gasteiger partial charge is 0.243 e. The topological polar surface area (TPSA) is 63.6 Å². The van der Waals surface area contributed by atoms with Gasteiger partial charge in [-0.3, -0.25) is 0 Å². The molecule has 2 aromatic heterocycles. The molecule has 0 spiro atoms. The summed E-state index contributed by atoms with van der Waals surface area (Å²) in [7, 11) is 0. The Morgan fingerprint density at radius 3 is 2.53 bits per heavy atom. The zero-order chi connectivity index (χ0) is 13.7. The SMILES string of the molecule is CCc1nnc(NCc2ccc(Cl)nc2)nc1CC. The second-order valence-electron chi connectivity index (χ2n) is 4.08. The highest BCUT2D eigenvalue weighted by Gasteiger charge is 2.05. The first-order valence-electron chi connectivity index (χ1n) is 6.29. The van der Waals surface area contributed by atoms with Gasteiger partial charge in [-0.15, -0.1) is 5.10 Å². The molecule has 0 saturated heterocycles. The molecule has 19 heavy (non-hydrogen) atoms. The van der Waals surface area contributed by atoms with E-state index < -0.39 is 0 Å². The Kier molecular flexibility index (Phi) is 4.63. The molecule has 2 heterocycles. The summed E-state index contributed by atoms with van der Waals surface area (Å²) in [5.41, 5.74) is 2.97. The number of aryl methyl sites for hydroxylation is 2. The van der Waals surface area contributed by atoms with Crippen LogP contribution in [0.25, 0.3) is 0 Å². The summed E-state index contributed by atoms with van der Waals surface area (Å²) in [4.78, 5) is 8.48. The fourth-order valence-corrected chi connectivity index (χ4v) is 1.82. The Hall–Kier alpha value is -1.75. The molecule has 0 amide bonds. The van der Waals surface area contributed by atoms with Crippen molar-refractivity contribution >= 4 is 17.5 Å². The van der Waals surface area contributed by atoms with Gasteiger partial charge in [-0.1, -0.05) is 31.5 Å². The molecule has 0 saturated carbocycles. The molecule has 0 aliphatic rings. The van der Waals surface area contributed by atoms with Crippen molar-refractivity contribution in [2.75, 3.05) is 5.32 Å². The number of nitrogens with zero attached hydrogens (tertiary/aromatic N) is 4. The lowest BCUT2D eigenvalue weighted by Gasteiger charge is -2.07. The van der Waals surface area contributed by atoms with E-state index in [1.54, 1.807) is 12.3 Å². The Bertz CT molecular complexity index is 541. The molecule has 5 nitrogen and oxygen atoms in total. The van der Waals surface area contributed by atoms with Crippen LogP contribution < -0.4 is 5.32 Å². The van der Waals surface area contributed by atoms with Crippen molar-refractivity contribution in [3.05, 3.63) is 40.4 Å². The minimum absolute atomic E-state index is 0.488. The second-order valence-corrected chi connectivity index (χ2v) is 4.47. The summed E-state index contributed by atoms with van der Waals surface area (Å²) in [6, 6.07) is 3.67. The van der Waals surface area contributed by atoms with E-state index in [4.69, 9.17) is 11.6 Å². The molecule has 1 N–H and O–H groups in total. The van der Waals surface area contributed by atoms with Crippen LogP contribution >= 0.6 is 11.6 Å². The van der Waals surface area contributed by atoms with Crippen LogP contribution in [0.1, 0.15) is 30.8 Å². The quantitative estimate of drug-likeness (QED) is 0.851. The van der Waals surface area contributed by atoms with Gasteiger partial charge in [0.25, 0.3) is 0 Å². The van der Waals surface area contributed by atoms with E-state index >= 15 is 0 Å². The van der Waals surface area contributed by atoms with Crippen LogP contribution in [-0.2, 0) is 19.4 Å². The minimum atomic E-state index is 0.488. The van der Waals surface area contributed by atoms with E-state index in [9.17, 15) is 0 Å². The second kappa shape index (κ2) is 6.43. The predicted octanol–water partition coefficient (Wildman–Crippen LogP) is 2.66. The summed E-state index contributed by atoms with van der Waals surface area (Å²) >= 11 is 5.74. The van der Waals surface area contributed by atoms with Gasteiger partial charge in [0, 0.05) is 12.7 Å². The molecule has 6 heteroatoms. The highest BCUT2D eigenvalue weighted by Crippen LogP contribution is 2.09. The van der Waals surface area contributed by atoms with E-state index in [2.05, 4.69) is 39.3 Å². The molecule has 2 aromatic rings. The maximum Gasteiger partial charge on any atom is 0.243 e. The lowest BCUT2D eigenvalue weighted by molar-refractivity contribution is 0.819. The molecule has 100 valence electrons. The predicted molar refractivity (Wildman–Crippen MR) is 75.2 cm³/mol. The molecule has 0 atom stereocenters. The fourth-order valence-electron chi connectivity index (χ4n) is 1.71. The molecule has 0 aromatic carbocycles. The number of pyridine rings is 1. The molecule has 0 bridgehead atoms. The van der Waals surface area contributed by atoms with Gasteiger partial charge in [0.1, 0.15) is 5.15 Å². The van der Waals surface area contributed by atoms with Crippen molar-refractivity contribution in [1.82, 2.24) is 20.2 Å². The summed E-state index contributed by atoms with van der Waals surface area (Å²) in [5.74, 6) is 0.545. The van der Waals surface area contributed by atoms with Crippen molar-refractivity contribution < 1.29 is 0 Å². The first-order chi connectivity index (χ1) is 9.22. The van der Waals surface area contributed by atoms with Crippen molar-refractivity contribution in [3.8, 4) is 0 Å². The van der Waals surface area contributed by atoms with Gasteiger partial charge < -0.3 is 5.32 Å². The molecule has 0 radical (unpaired) electrons. The van der Waals surface area contributed by atoms with Gasteiger partial charge in [-0.2, -0.15) is 5.10 Å². The molecule has 2 rings (SSSR count). The van der Waals surface area contributed by atoms with E-state index in [0.29, 0.717) is 17.6 Å². The molecule has 0 fully saturated rings. The van der Waals surface area contributed by atoms with Crippen molar-refractivity contribution in [3.63, 3.8) is 0 Å². The fraction of sp³-hybridized carbons (Fsp3) is 0.385. The average molecular weight is 278 g/mol. The number of hydrogen-bond donors (Lipinski definition) is 1. The third-order valence-corrected chi connectivity index (χ3v) is 2.97. The summed E-state index contributed by atoms with van der Waals surface area (Å²) in [5, 5.41) is 11.9. The maximum absolute atomic E-state index is 5.74. The van der Waals surface area contributed by atoms with Gasteiger partial charge in [0.15, 0.2) is 0 Å². The summed E-state index contributed by atoms with van der Waals surface area (Å²) in [6.45, 7) is 4.72. The van der Waals surface area contributed by atoms with Crippen LogP contribution in [0.5, 0.6) is 0 Å². The third-order valence-electron chi connectivity index (χ3n) is 2.75. The van der Waals surface area contributed by atoms with Crippen molar-refractivity contribution in [2.24, 2.45) is 0 Å². The van der Waals surface area contributed by atoms with E-state index in [1.807, 2.05) is 6.07 Å². The number of rotatable bonds is 5. The molecular weight excluding hydrogens is 262 g/mol. The summed E-state index contributed by atoms with van der Waals surface area (Å²) in [6.07, 6.45) is 3.43. The third kappa shape index (κ3) is 3.61. The average Bonchev–Trinajstić information content (AvgIpc) is 2.46. The summed E-state index contributed by atoms with van der Waals surface area (Å²) < 4.78 is 0. The molecule has 0 aliphatic heterocycles. The zero-order valence-electron chi connectivity index (χ0n) is 11.0. The van der Waals surface area contributed by atoms with Crippen LogP contribution in [0, 0.1) is 0 Å². The number of halogens is 1. The van der Waals surface area contributed by atoms with E-state index in [0.717, 1.165) is 29.8 Å². The standard InChI is InChI=1S/C13H16ClN5/c1-3-10-11(4-2)18-19-13(17-10)16-8-9-5-6-12(14)15-7-9/h5-7H,3-4,8H2,1-2H3,(H,16,17,19). The monoisotopic (exact) mass is 277 g/mol. The number of hydrogen-bond acceptors (Lipinski definition) is 5. The molecule has 0 unspecified atom stereocenters. The van der Waals surface area contributed by atoms with Crippen LogP contribution in [0.15, 0.2) is 18.3 Å². The normalized spacial score (nSPS) is 10.5. The van der Waals surface area contributed by atoms with Crippen LogP contribution in [-0.4, -0.2) is 20.2 Å². The Labute approximate surface area is 117 Å². The highest BCUT2D eigenvalue weighted by molar-refractivity contribution is 6.29. The molecule has 0 aliphatic carbocycles. The van der Waals surface area contributed by atoms with Crippen LogP contribution in [0.4, 0.5) is 5.95 Å². The van der Waals surface area contributed by atoms with Crippen LogP contribution in [0.2, 0.25) is 5.15 Å². The van der Waals surface area contributed by atoms with Gasteiger partial charge in [-0.25, -0.2) is 9.97 Å². The van der Waals surface area contributed by atoms with E-state index in [-0.39, 0.29) is 0 Å². The maximum atomic E-state index is 5.74. The Morgan fingerprint density at radius 2 is 1.89 bits per heavy atom. The number of nitrogens with one attached hydrogen (secondary N) is 1. The molecular formula is C13H16ClN5. The number of aromatic nitrogens is 4. The lowest BCUT2D eigenvalue weighted by Crippen LogP contribution is -2.09. The van der Waals surface area contributed by atoms with Crippen molar-refractivity contribution in [1.29, 1.82) is 0 Å².